The fourth-order valence-corrected chi connectivity index (χ4v) is 8.77. The normalized spacial score (nSPS) is 37.5. The Morgan fingerprint density at radius 1 is 1.00 bits per heavy atom. The Hall–Kier alpha value is -3.69. The van der Waals surface area contributed by atoms with Crippen LogP contribution in [0.25, 0.3) is 0 Å². The van der Waals surface area contributed by atoms with Crippen molar-refractivity contribution in [2.75, 3.05) is 6.61 Å². The molecule has 2 bridgehead atoms. The maximum atomic E-state index is 14.6. The van der Waals surface area contributed by atoms with Crippen molar-refractivity contribution in [3.63, 3.8) is 0 Å². The van der Waals surface area contributed by atoms with Crippen LogP contribution in [0.15, 0.2) is 41.5 Å². The summed E-state index contributed by atoms with van der Waals surface area (Å²) in [5.74, 6) is -5.65. The number of amides is 1. The largest absolute Gasteiger partial charge is 0.459 e. The minimum atomic E-state index is -2.25. The number of aliphatic hydroxyl groups is 4. The molecule has 1 aromatic carbocycles. The molecule has 0 spiro atoms. The molecule has 268 valence electrons. The number of rotatable bonds is 7. The second-order valence-electron chi connectivity index (χ2n) is 14.5. The third kappa shape index (κ3) is 5.57. The van der Waals surface area contributed by atoms with Crippen LogP contribution in [0.3, 0.4) is 0 Å². The summed E-state index contributed by atoms with van der Waals surface area (Å²) in [6.45, 7) is 9.21. The molecule has 1 aromatic rings. The van der Waals surface area contributed by atoms with Crippen molar-refractivity contribution in [1.29, 1.82) is 0 Å². The number of esters is 3. The van der Waals surface area contributed by atoms with Gasteiger partial charge in [0.25, 0.3) is 0 Å². The molecule has 2 saturated carbocycles. The first kappa shape index (κ1) is 36.6. The van der Waals surface area contributed by atoms with Gasteiger partial charge in [0.2, 0.25) is 5.91 Å². The number of carbonyl (C=O) groups is 5. The first-order valence-corrected chi connectivity index (χ1v) is 16.3. The third-order valence-electron chi connectivity index (χ3n) is 11.3. The van der Waals surface area contributed by atoms with E-state index in [-0.39, 0.29) is 24.2 Å². The predicted octanol–water partition coefficient (Wildman–Crippen LogP) is 0.577. The van der Waals surface area contributed by atoms with Gasteiger partial charge in [-0.3, -0.25) is 19.2 Å². The highest BCUT2D eigenvalue weighted by molar-refractivity contribution is 5.93. The summed E-state index contributed by atoms with van der Waals surface area (Å²) in [6.07, 6.45) is -10.00. The summed E-state index contributed by atoms with van der Waals surface area (Å²) >= 11 is 0. The van der Waals surface area contributed by atoms with Gasteiger partial charge in [0, 0.05) is 39.0 Å². The van der Waals surface area contributed by atoms with Crippen LogP contribution in [-0.4, -0.2) is 104 Å². The lowest BCUT2D eigenvalue weighted by Crippen LogP contribution is -2.81. The fourth-order valence-electron chi connectivity index (χ4n) is 8.77. The molecule has 14 nitrogen and oxygen atoms in total. The highest BCUT2D eigenvalue weighted by atomic mass is 16.6. The number of carbonyl (C=O) groups excluding carboxylic acids is 5. The Labute approximate surface area is 283 Å². The minimum Gasteiger partial charge on any atom is -0.459 e. The quantitative estimate of drug-likeness (QED) is 0.151. The molecule has 5 rings (SSSR count). The first-order chi connectivity index (χ1) is 22.7. The molecule has 1 amide bonds. The summed E-state index contributed by atoms with van der Waals surface area (Å²) in [6, 6.07) is 7.03. The average molecular weight is 688 g/mol. The molecule has 49 heavy (non-hydrogen) atoms. The average Bonchev–Trinajstić information content (AvgIpc) is 3.01. The maximum absolute atomic E-state index is 14.6. The number of Topliss-reactive ketones (excluding diaryl/α,β-unsaturated/α-hetero) is 1. The molecular weight excluding hydrogens is 642 g/mol. The van der Waals surface area contributed by atoms with Crippen LogP contribution in [-0.2, 0) is 42.9 Å². The van der Waals surface area contributed by atoms with Crippen LogP contribution >= 0.6 is 0 Å². The summed E-state index contributed by atoms with van der Waals surface area (Å²) in [5, 5.41) is 50.2. The highest BCUT2D eigenvalue weighted by Gasteiger charge is 2.78. The molecule has 3 aliphatic carbocycles. The van der Waals surface area contributed by atoms with Gasteiger partial charge in [-0.05, 0) is 30.6 Å². The first-order valence-electron chi connectivity index (χ1n) is 16.3. The zero-order valence-electron chi connectivity index (χ0n) is 28.6. The van der Waals surface area contributed by atoms with E-state index in [2.05, 4.69) is 5.32 Å². The Bertz CT molecular complexity index is 1570. The molecule has 1 heterocycles. The topological polar surface area (TPSA) is 215 Å². The van der Waals surface area contributed by atoms with E-state index in [1.54, 1.807) is 44.2 Å². The second-order valence-corrected chi connectivity index (χ2v) is 14.5. The van der Waals surface area contributed by atoms with Crippen molar-refractivity contribution < 1.29 is 63.3 Å². The van der Waals surface area contributed by atoms with Crippen LogP contribution in [0, 0.1) is 16.7 Å². The molecule has 0 aromatic heterocycles. The van der Waals surface area contributed by atoms with Crippen molar-refractivity contribution in [1.82, 2.24) is 5.32 Å². The van der Waals surface area contributed by atoms with E-state index in [1.165, 1.54) is 20.8 Å². The van der Waals surface area contributed by atoms with E-state index >= 15 is 0 Å². The molecule has 5 N–H and O–H groups in total. The van der Waals surface area contributed by atoms with Crippen molar-refractivity contribution in [3.05, 3.63) is 47.0 Å². The number of ketones is 1. The summed E-state index contributed by atoms with van der Waals surface area (Å²) in [4.78, 5) is 65.7. The van der Waals surface area contributed by atoms with Crippen molar-refractivity contribution in [2.24, 2.45) is 16.7 Å². The van der Waals surface area contributed by atoms with Gasteiger partial charge in [-0.2, -0.15) is 0 Å². The second kappa shape index (κ2) is 12.6. The number of aliphatic hydroxyl groups excluding tert-OH is 3. The van der Waals surface area contributed by atoms with E-state index in [0.717, 1.165) is 13.8 Å². The van der Waals surface area contributed by atoms with Crippen LogP contribution in [0.2, 0.25) is 0 Å². The lowest BCUT2D eigenvalue weighted by atomic mass is 9.44. The van der Waals surface area contributed by atoms with E-state index in [9.17, 15) is 44.4 Å². The number of hydrogen-bond donors (Lipinski definition) is 5. The van der Waals surface area contributed by atoms with Gasteiger partial charge in [0.1, 0.15) is 30.0 Å². The smallest absolute Gasteiger partial charge is 0.338 e. The van der Waals surface area contributed by atoms with Gasteiger partial charge in [-0.1, -0.05) is 44.2 Å². The number of nitrogens with one attached hydrogen (secondary N) is 1. The van der Waals surface area contributed by atoms with Crippen LogP contribution in [0.1, 0.15) is 72.9 Å². The molecule has 11 atom stereocenters. The fraction of sp³-hybridized carbons (Fsp3) is 0.629. The number of hydrogen-bond acceptors (Lipinski definition) is 13. The molecular formula is C35H45NO13. The molecule has 0 unspecified atom stereocenters. The lowest BCUT2D eigenvalue weighted by molar-refractivity contribution is -0.347. The third-order valence-corrected chi connectivity index (χ3v) is 11.3. The van der Waals surface area contributed by atoms with Crippen LogP contribution in [0.4, 0.5) is 0 Å². The summed E-state index contributed by atoms with van der Waals surface area (Å²) in [7, 11) is 0. The van der Waals surface area contributed by atoms with Crippen LogP contribution < -0.4 is 5.32 Å². The van der Waals surface area contributed by atoms with Crippen LogP contribution in [0.5, 0.6) is 0 Å². The molecule has 14 heteroatoms. The van der Waals surface area contributed by atoms with Gasteiger partial charge < -0.3 is 44.7 Å². The van der Waals surface area contributed by atoms with Crippen molar-refractivity contribution in [3.8, 4) is 0 Å². The molecule has 3 fully saturated rings. The monoisotopic (exact) mass is 687 g/mol. The molecule has 0 radical (unpaired) electrons. The van der Waals surface area contributed by atoms with E-state index < -0.39 is 107 Å². The number of benzene rings is 1. The van der Waals surface area contributed by atoms with Crippen molar-refractivity contribution in [2.45, 2.75) is 115 Å². The van der Waals surface area contributed by atoms with Gasteiger partial charge in [-0.25, -0.2) is 4.79 Å². The Morgan fingerprint density at radius 2 is 1.63 bits per heavy atom. The predicted molar refractivity (Wildman–Crippen MR) is 168 cm³/mol. The highest BCUT2D eigenvalue weighted by Crippen LogP contribution is 2.64. The van der Waals surface area contributed by atoms with E-state index in [0.29, 0.717) is 5.56 Å². The Morgan fingerprint density at radius 3 is 2.16 bits per heavy atom. The van der Waals surface area contributed by atoms with Gasteiger partial charge >= 0.3 is 17.9 Å². The Kier molecular flexibility index (Phi) is 9.39. The zero-order chi connectivity index (χ0) is 36.4. The lowest BCUT2D eigenvalue weighted by Gasteiger charge is -2.67. The zero-order valence-corrected chi connectivity index (χ0v) is 28.6. The Balaban J connectivity index is 1.66. The van der Waals surface area contributed by atoms with Crippen molar-refractivity contribution >= 4 is 29.6 Å². The number of ether oxygens (including phenoxy) is 4. The molecule has 1 saturated heterocycles. The number of fused-ring (bicyclic) bond motifs is 5. The van der Waals surface area contributed by atoms with Gasteiger partial charge in [0.05, 0.1) is 30.1 Å². The molecule has 4 aliphatic rings. The van der Waals surface area contributed by atoms with E-state index in [1.807, 2.05) is 0 Å². The van der Waals surface area contributed by atoms with E-state index in [4.69, 9.17) is 18.9 Å². The van der Waals surface area contributed by atoms with Gasteiger partial charge in [0.15, 0.2) is 17.5 Å². The molecule has 1 aliphatic heterocycles. The summed E-state index contributed by atoms with van der Waals surface area (Å²) < 4.78 is 23.3. The standard InChI is InChI=1S/C35H45NO13/c1-16-21(48-31(44)27(42)25(36-17(2)37)20-11-9-8-10-12-20)14-35(45)30(47-18(3)38)28-33(7,29(43)26(41)24(16)32(35,5)6)22(40)13-23-34(28,15-46-23)49-19(4)39/h8-12,21-23,25-28,30,40-42,45H,13-15H2,1-7H3,(H,36,37)/t21-,22-,23+,25-,26+,27+,28-,30-,33+,34-,35+/m0/s1. The SMILES string of the molecule is CC(=O)N[C@@H](c1ccccc1)[C@@H](O)C(=O)O[C@H]1C[C@@]2(O)[C@@H](OC(C)=O)[C@@H]3[C@]4(OC(C)=O)CO[C@@H]4C[C@H](O)[C@@]3(C)C(=O)[C@H](O)C(=C1C)C2(C)C. The minimum absolute atomic E-state index is 0.0300. The van der Waals surface area contributed by atoms with Gasteiger partial charge in [-0.15, -0.1) is 0 Å². The summed E-state index contributed by atoms with van der Waals surface area (Å²) in [5.41, 5.74) is -6.83. The maximum Gasteiger partial charge on any atom is 0.338 e.